The van der Waals surface area contributed by atoms with Gasteiger partial charge in [-0.15, -0.1) is 0 Å². The van der Waals surface area contributed by atoms with Crippen LogP contribution < -0.4 is 4.90 Å². The second-order valence-corrected chi connectivity index (χ2v) is 5.41. The van der Waals surface area contributed by atoms with Crippen LogP contribution in [-0.2, 0) is 6.42 Å². The maximum absolute atomic E-state index is 4.60. The molecule has 0 aliphatic carbocycles. The molecule has 1 atom stereocenters. The number of rotatable bonds is 2. The van der Waals surface area contributed by atoms with Crippen molar-refractivity contribution in [3.05, 3.63) is 16.5 Å². The highest BCUT2D eigenvalue weighted by atomic mass is 79.9. The van der Waals surface area contributed by atoms with Crippen LogP contribution >= 0.6 is 15.9 Å². The largest absolute Gasteiger partial charge is 0.354 e. The zero-order valence-electron chi connectivity index (χ0n) is 10.6. The number of nitrogens with zero attached hydrogens (tertiary/aromatic N) is 4. The van der Waals surface area contributed by atoms with Crippen molar-refractivity contribution in [1.29, 1.82) is 0 Å². The molecule has 1 unspecified atom stereocenters. The van der Waals surface area contributed by atoms with E-state index in [1.165, 1.54) is 0 Å². The van der Waals surface area contributed by atoms with Gasteiger partial charge >= 0.3 is 0 Å². The Kier molecular flexibility index (Phi) is 3.99. The molecule has 0 spiro atoms. The van der Waals surface area contributed by atoms with Crippen LogP contribution in [0.5, 0.6) is 0 Å². The summed E-state index contributed by atoms with van der Waals surface area (Å²) in [6.07, 6.45) is 0.871. The summed E-state index contributed by atoms with van der Waals surface area (Å²) in [4.78, 5) is 13.7. The van der Waals surface area contributed by atoms with E-state index >= 15 is 0 Å². The minimum absolute atomic E-state index is 0.572. The third-order valence-electron chi connectivity index (χ3n) is 3.33. The monoisotopic (exact) mass is 298 g/mol. The smallest absolute Gasteiger partial charge is 0.133 e. The van der Waals surface area contributed by atoms with Crippen molar-refractivity contribution < 1.29 is 0 Å². The van der Waals surface area contributed by atoms with Gasteiger partial charge in [0.15, 0.2) is 0 Å². The Balaban J connectivity index is 2.19. The van der Waals surface area contributed by atoms with Crippen molar-refractivity contribution in [2.24, 2.45) is 0 Å². The minimum atomic E-state index is 0.572. The average Bonchev–Trinajstić information content (AvgIpc) is 2.32. The SMILES string of the molecule is CCc1nc(Br)cc(N2CCN(C)C(C)C2)n1. The number of halogens is 1. The highest BCUT2D eigenvalue weighted by Gasteiger charge is 2.22. The second-order valence-electron chi connectivity index (χ2n) is 4.59. The van der Waals surface area contributed by atoms with Gasteiger partial charge in [-0.1, -0.05) is 6.92 Å². The summed E-state index contributed by atoms with van der Waals surface area (Å²) in [6, 6.07) is 2.58. The Morgan fingerprint density at radius 1 is 1.41 bits per heavy atom. The number of hydrogen-bond donors (Lipinski definition) is 0. The quantitative estimate of drug-likeness (QED) is 0.781. The number of aromatic nitrogens is 2. The van der Waals surface area contributed by atoms with Crippen molar-refractivity contribution in [2.45, 2.75) is 26.3 Å². The van der Waals surface area contributed by atoms with Gasteiger partial charge in [-0.05, 0) is 29.9 Å². The lowest BCUT2D eigenvalue weighted by atomic mass is 10.2. The van der Waals surface area contributed by atoms with Gasteiger partial charge in [0.05, 0.1) is 0 Å². The van der Waals surface area contributed by atoms with Crippen LogP contribution in [0.15, 0.2) is 10.7 Å². The summed E-state index contributed by atoms with van der Waals surface area (Å²) in [5.41, 5.74) is 0. The number of aryl methyl sites for hydroxylation is 1. The lowest BCUT2D eigenvalue weighted by Gasteiger charge is -2.38. The number of anilines is 1. The van der Waals surface area contributed by atoms with Crippen molar-refractivity contribution in [2.75, 3.05) is 31.6 Å². The predicted molar refractivity (Wildman–Crippen MR) is 73.4 cm³/mol. The third kappa shape index (κ3) is 2.96. The van der Waals surface area contributed by atoms with Crippen LogP contribution in [0.25, 0.3) is 0 Å². The molecular formula is C12H19BrN4. The van der Waals surface area contributed by atoms with Gasteiger partial charge in [0.2, 0.25) is 0 Å². The van der Waals surface area contributed by atoms with Crippen LogP contribution in [0.2, 0.25) is 0 Å². The molecule has 1 aliphatic rings. The number of piperazine rings is 1. The van der Waals surface area contributed by atoms with Crippen molar-refractivity contribution in [1.82, 2.24) is 14.9 Å². The highest BCUT2D eigenvalue weighted by molar-refractivity contribution is 9.10. The van der Waals surface area contributed by atoms with E-state index in [0.29, 0.717) is 6.04 Å². The molecule has 0 radical (unpaired) electrons. The van der Waals surface area contributed by atoms with Gasteiger partial charge in [0, 0.05) is 38.2 Å². The number of likely N-dealkylation sites (N-methyl/N-ethyl adjacent to an activating group) is 1. The van der Waals surface area contributed by atoms with E-state index in [4.69, 9.17) is 0 Å². The van der Waals surface area contributed by atoms with Crippen molar-refractivity contribution in [3.63, 3.8) is 0 Å². The zero-order chi connectivity index (χ0) is 12.4. The maximum atomic E-state index is 4.60. The van der Waals surface area contributed by atoms with Crippen molar-refractivity contribution in [3.8, 4) is 0 Å². The molecule has 94 valence electrons. The number of hydrogen-bond acceptors (Lipinski definition) is 4. The first-order valence-electron chi connectivity index (χ1n) is 6.08. The lowest BCUT2D eigenvalue weighted by molar-refractivity contribution is 0.233. The van der Waals surface area contributed by atoms with Gasteiger partial charge in [-0.3, -0.25) is 0 Å². The summed E-state index contributed by atoms with van der Waals surface area (Å²) in [5.74, 6) is 1.95. The van der Waals surface area contributed by atoms with Gasteiger partial charge in [-0.2, -0.15) is 0 Å². The Labute approximate surface area is 111 Å². The van der Waals surface area contributed by atoms with Crippen LogP contribution in [0.1, 0.15) is 19.7 Å². The van der Waals surface area contributed by atoms with Gasteiger partial charge in [0.1, 0.15) is 16.2 Å². The molecule has 2 heterocycles. The minimum Gasteiger partial charge on any atom is -0.354 e. The molecule has 1 aliphatic heterocycles. The zero-order valence-corrected chi connectivity index (χ0v) is 12.2. The van der Waals surface area contributed by atoms with Gasteiger partial charge in [0.25, 0.3) is 0 Å². The van der Waals surface area contributed by atoms with Crippen LogP contribution in [0.3, 0.4) is 0 Å². The Bertz CT molecular complexity index is 396. The molecule has 2 rings (SSSR count). The first-order valence-corrected chi connectivity index (χ1v) is 6.88. The summed E-state index contributed by atoms with van der Waals surface area (Å²) < 4.78 is 0.880. The Morgan fingerprint density at radius 3 is 2.82 bits per heavy atom. The van der Waals surface area contributed by atoms with Crippen molar-refractivity contribution >= 4 is 21.7 Å². The summed E-state index contributed by atoms with van der Waals surface area (Å²) in [5, 5.41) is 0. The Hall–Kier alpha value is -0.680. The van der Waals surface area contributed by atoms with E-state index in [9.17, 15) is 0 Å². The van der Waals surface area contributed by atoms with E-state index in [1.807, 2.05) is 6.07 Å². The maximum Gasteiger partial charge on any atom is 0.133 e. The fourth-order valence-electron chi connectivity index (χ4n) is 2.03. The van der Waals surface area contributed by atoms with E-state index in [2.05, 4.69) is 56.6 Å². The highest BCUT2D eigenvalue weighted by Crippen LogP contribution is 2.19. The molecule has 1 fully saturated rings. The summed E-state index contributed by atoms with van der Waals surface area (Å²) in [6.45, 7) is 7.49. The molecule has 0 saturated carbocycles. The van der Waals surface area contributed by atoms with E-state index < -0.39 is 0 Å². The molecule has 0 bridgehead atoms. The van der Waals surface area contributed by atoms with Crippen LogP contribution in [0, 0.1) is 0 Å². The predicted octanol–water partition coefficient (Wildman–Crippen LogP) is 1.94. The molecule has 0 aromatic carbocycles. The van der Waals surface area contributed by atoms with E-state index in [1.54, 1.807) is 0 Å². The molecule has 1 saturated heterocycles. The second kappa shape index (κ2) is 5.31. The molecule has 1 aromatic heterocycles. The molecule has 4 nitrogen and oxygen atoms in total. The lowest BCUT2D eigenvalue weighted by Crippen LogP contribution is -2.50. The molecule has 1 aromatic rings. The van der Waals surface area contributed by atoms with Gasteiger partial charge in [-0.25, -0.2) is 9.97 Å². The molecule has 0 N–H and O–H groups in total. The average molecular weight is 299 g/mol. The summed E-state index contributed by atoms with van der Waals surface area (Å²) in [7, 11) is 2.18. The normalized spacial score (nSPS) is 21.9. The fraction of sp³-hybridized carbons (Fsp3) is 0.667. The van der Waals surface area contributed by atoms with Crippen LogP contribution in [-0.4, -0.2) is 47.6 Å². The topological polar surface area (TPSA) is 32.3 Å². The fourth-order valence-corrected chi connectivity index (χ4v) is 2.44. The third-order valence-corrected chi connectivity index (χ3v) is 3.73. The van der Waals surface area contributed by atoms with E-state index in [0.717, 1.165) is 42.3 Å². The first kappa shape index (κ1) is 12.8. The standard InChI is InChI=1S/C12H19BrN4/c1-4-11-14-10(13)7-12(15-11)17-6-5-16(3)9(2)8-17/h7,9H,4-6,8H2,1-3H3. The van der Waals surface area contributed by atoms with Crippen LogP contribution in [0.4, 0.5) is 5.82 Å². The molecule has 0 amide bonds. The first-order chi connectivity index (χ1) is 8.10. The van der Waals surface area contributed by atoms with E-state index in [-0.39, 0.29) is 0 Å². The van der Waals surface area contributed by atoms with Gasteiger partial charge < -0.3 is 9.80 Å². The Morgan fingerprint density at radius 2 is 2.18 bits per heavy atom. The molecule has 17 heavy (non-hydrogen) atoms. The summed E-state index contributed by atoms with van der Waals surface area (Å²) >= 11 is 3.46. The molecular weight excluding hydrogens is 280 g/mol. The molecule has 5 heteroatoms.